The second-order valence-electron chi connectivity index (χ2n) is 9.04. The molecule has 1 amide bonds. The van der Waals surface area contributed by atoms with E-state index in [4.69, 9.17) is 15.6 Å². The average Bonchev–Trinajstić information content (AvgIpc) is 2.96. The van der Waals surface area contributed by atoms with Gasteiger partial charge in [-0.05, 0) is 52.3 Å². The molecule has 0 aliphatic carbocycles. The third-order valence-corrected chi connectivity index (χ3v) is 6.66. The molecule has 1 aliphatic heterocycles. The van der Waals surface area contributed by atoms with Crippen LogP contribution in [-0.4, -0.2) is 60.5 Å². The smallest absolute Gasteiger partial charge is 0.372 e. The second kappa shape index (κ2) is 14.2. The van der Waals surface area contributed by atoms with Crippen LogP contribution in [0.1, 0.15) is 41.8 Å². The van der Waals surface area contributed by atoms with Gasteiger partial charge in [0.05, 0.1) is 13.2 Å². The first-order valence-electron chi connectivity index (χ1n) is 13.0. The number of Topliss-reactive ketones (excluding diaryl/α,β-unsaturated/α-hetero) is 1. The molecule has 200 valence electrons. The molecule has 7 heteroatoms. The highest BCUT2D eigenvalue weighted by Crippen LogP contribution is 2.37. The number of nitrogens with zero attached hydrogens (tertiary/aromatic N) is 1. The highest BCUT2D eigenvalue weighted by Gasteiger charge is 2.20. The lowest BCUT2D eigenvalue weighted by Gasteiger charge is -2.27. The van der Waals surface area contributed by atoms with Crippen LogP contribution in [0.3, 0.4) is 0 Å². The van der Waals surface area contributed by atoms with Crippen molar-refractivity contribution in [3.63, 3.8) is 0 Å². The number of hydrogen-bond donors (Lipinski definition) is 2. The lowest BCUT2D eigenvalue weighted by atomic mass is 9.84. The van der Waals surface area contributed by atoms with Gasteiger partial charge in [0.2, 0.25) is 11.7 Å². The van der Waals surface area contributed by atoms with E-state index in [0.29, 0.717) is 5.56 Å². The SMILES string of the molecule is CCC(=O)C(=O)O.CCc1c(-c2ccccc2)ccc(CCN2CCOCC2)c1-c1ccccc1C(N)=O. The Hall–Kier alpha value is -3.81. The summed E-state index contributed by atoms with van der Waals surface area (Å²) in [5.74, 6) is -2.47. The lowest BCUT2D eigenvalue weighted by Crippen LogP contribution is -2.37. The summed E-state index contributed by atoms with van der Waals surface area (Å²) in [6.45, 7) is 8.20. The fourth-order valence-electron chi connectivity index (χ4n) is 4.67. The maximum Gasteiger partial charge on any atom is 0.372 e. The van der Waals surface area contributed by atoms with Crippen molar-refractivity contribution >= 4 is 17.7 Å². The minimum Gasteiger partial charge on any atom is -0.476 e. The number of amides is 1. The van der Waals surface area contributed by atoms with Crippen molar-refractivity contribution in [1.82, 2.24) is 4.90 Å². The molecular weight excluding hydrogens is 480 g/mol. The van der Waals surface area contributed by atoms with Crippen molar-refractivity contribution in [3.05, 3.63) is 83.4 Å². The van der Waals surface area contributed by atoms with E-state index in [0.717, 1.165) is 56.8 Å². The molecule has 0 bridgehead atoms. The van der Waals surface area contributed by atoms with Crippen LogP contribution < -0.4 is 5.73 Å². The van der Waals surface area contributed by atoms with Gasteiger partial charge in [0.15, 0.2) is 0 Å². The monoisotopic (exact) mass is 516 g/mol. The summed E-state index contributed by atoms with van der Waals surface area (Å²) in [7, 11) is 0. The maximum absolute atomic E-state index is 12.3. The Morgan fingerprint density at radius 3 is 2.13 bits per heavy atom. The predicted molar refractivity (Wildman–Crippen MR) is 149 cm³/mol. The number of aliphatic carboxylic acids is 1. The van der Waals surface area contributed by atoms with Gasteiger partial charge >= 0.3 is 5.97 Å². The van der Waals surface area contributed by atoms with E-state index in [-0.39, 0.29) is 12.3 Å². The number of benzene rings is 3. The topological polar surface area (TPSA) is 110 Å². The summed E-state index contributed by atoms with van der Waals surface area (Å²) >= 11 is 0. The number of carbonyl (C=O) groups excluding carboxylic acids is 2. The third-order valence-electron chi connectivity index (χ3n) is 6.66. The fraction of sp³-hybridized carbons (Fsp3) is 0.323. The number of morpholine rings is 1. The van der Waals surface area contributed by atoms with Crippen LogP contribution in [0.25, 0.3) is 22.3 Å². The van der Waals surface area contributed by atoms with Crippen molar-refractivity contribution in [3.8, 4) is 22.3 Å². The number of ketones is 1. The number of carboxylic acids is 1. The minimum absolute atomic E-state index is 0.0787. The summed E-state index contributed by atoms with van der Waals surface area (Å²) in [5.41, 5.74) is 13.4. The fourth-order valence-corrected chi connectivity index (χ4v) is 4.67. The van der Waals surface area contributed by atoms with Crippen molar-refractivity contribution in [2.45, 2.75) is 33.1 Å². The van der Waals surface area contributed by atoms with E-state index in [1.165, 1.54) is 29.2 Å². The highest BCUT2D eigenvalue weighted by atomic mass is 16.5. The van der Waals surface area contributed by atoms with Crippen LogP contribution in [0.15, 0.2) is 66.7 Å². The zero-order chi connectivity index (χ0) is 27.5. The standard InChI is InChI=1S/C27H30N2O2.C4H6O3/c1-2-22-23(20-8-4-3-5-9-20)13-12-21(14-15-29-16-18-31-19-17-29)26(22)24-10-6-7-11-25(24)27(28)30;1-2-3(5)4(6)7/h3-13H,2,14-19H2,1H3,(H2,28,30);2H2,1H3,(H,6,7). The summed E-state index contributed by atoms with van der Waals surface area (Å²) in [5, 5.41) is 7.83. The van der Waals surface area contributed by atoms with Gasteiger partial charge in [0.1, 0.15) is 0 Å². The zero-order valence-corrected chi connectivity index (χ0v) is 22.1. The van der Waals surface area contributed by atoms with Crippen LogP contribution >= 0.6 is 0 Å². The predicted octanol–water partition coefficient (Wildman–Crippen LogP) is 4.61. The molecule has 3 aromatic carbocycles. The Balaban J connectivity index is 0.000000505. The van der Waals surface area contributed by atoms with Crippen LogP contribution in [-0.2, 0) is 27.2 Å². The van der Waals surface area contributed by atoms with Crippen molar-refractivity contribution < 1.29 is 24.2 Å². The maximum atomic E-state index is 12.3. The number of carboxylic acid groups (broad SMARTS) is 1. The van der Waals surface area contributed by atoms with Crippen molar-refractivity contribution in [2.24, 2.45) is 5.73 Å². The van der Waals surface area contributed by atoms with Gasteiger partial charge in [0.25, 0.3) is 0 Å². The van der Waals surface area contributed by atoms with E-state index < -0.39 is 11.8 Å². The van der Waals surface area contributed by atoms with E-state index in [1.807, 2.05) is 30.3 Å². The third kappa shape index (κ3) is 7.37. The molecule has 1 aliphatic rings. The van der Waals surface area contributed by atoms with Gasteiger partial charge < -0.3 is 15.6 Å². The minimum atomic E-state index is -1.34. The second-order valence-corrected chi connectivity index (χ2v) is 9.04. The zero-order valence-electron chi connectivity index (χ0n) is 22.1. The van der Waals surface area contributed by atoms with E-state index in [2.05, 4.69) is 48.2 Å². The molecule has 0 spiro atoms. The van der Waals surface area contributed by atoms with Crippen molar-refractivity contribution in [2.75, 3.05) is 32.8 Å². The first-order valence-corrected chi connectivity index (χ1v) is 13.0. The van der Waals surface area contributed by atoms with Crippen molar-refractivity contribution in [1.29, 1.82) is 0 Å². The average molecular weight is 517 g/mol. The summed E-state index contributed by atoms with van der Waals surface area (Å²) in [6.07, 6.45) is 1.87. The first kappa shape index (κ1) is 28.8. The molecule has 38 heavy (non-hydrogen) atoms. The molecule has 1 fully saturated rings. The summed E-state index contributed by atoms with van der Waals surface area (Å²) in [4.78, 5) is 34.2. The molecule has 3 aromatic rings. The van der Waals surface area contributed by atoms with Crippen LogP contribution in [0.5, 0.6) is 0 Å². The van der Waals surface area contributed by atoms with E-state index >= 15 is 0 Å². The Morgan fingerprint density at radius 2 is 1.55 bits per heavy atom. The van der Waals surface area contributed by atoms with Crippen LogP contribution in [0.4, 0.5) is 0 Å². The largest absolute Gasteiger partial charge is 0.476 e. The molecule has 4 rings (SSSR count). The van der Waals surface area contributed by atoms with Crippen LogP contribution in [0, 0.1) is 0 Å². The van der Waals surface area contributed by atoms with E-state index in [9.17, 15) is 14.4 Å². The molecule has 1 heterocycles. The number of rotatable bonds is 9. The molecule has 1 saturated heterocycles. The van der Waals surface area contributed by atoms with Gasteiger partial charge in [-0.1, -0.05) is 74.5 Å². The molecule has 7 nitrogen and oxygen atoms in total. The molecule has 0 radical (unpaired) electrons. The Bertz CT molecular complexity index is 1250. The number of hydrogen-bond acceptors (Lipinski definition) is 5. The number of primary amides is 1. The highest BCUT2D eigenvalue weighted by molar-refractivity contribution is 6.32. The molecule has 0 unspecified atom stereocenters. The number of nitrogens with two attached hydrogens (primary N) is 1. The van der Waals surface area contributed by atoms with Gasteiger partial charge in [-0.15, -0.1) is 0 Å². The first-order chi connectivity index (χ1) is 18.4. The Kier molecular flexibility index (Phi) is 10.8. The molecule has 3 N–H and O–H groups in total. The van der Waals surface area contributed by atoms with Gasteiger partial charge in [-0.3, -0.25) is 14.5 Å². The normalized spacial score (nSPS) is 13.3. The van der Waals surface area contributed by atoms with Gasteiger partial charge in [-0.25, -0.2) is 4.79 Å². The Labute approximate surface area is 224 Å². The molecular formula is C31H36N2O5. The molecule has 0 aromatic heterocycles. The number of carbonyl (C=O) groups is 3. The molecule has 0 atom stereocenters. The quantitative estimate of drug-likeness (QED) is 0.402. The number of ether oxygens (including phenoxy) is 1. The van der Waals surface area contributed by atoms with Gasteiger partial charge in [0, 0.05) is 31.6 Å². The summed E-state index contributed by atoms with van der Waals surface area (Å²) in [6, 6.07) is 22.7. The van der Waals surface area contributed by atoms with E-state index in [1.54, 1.807) is 0 Å². The van der Waals surface area contributed by atoms with Crippen LogP contribution in [0.2, 0.25) is 0 Å². The molecule has 0 saturated carbocycles. The lowest BCUT2D eigenvalue weighted by molar-refractivity contribution is -0.148. The Morgan fingerprint density at radius 1 is 0.895 bits per heavy atom. The summed E-state index contributed by atoms with van der Waals surface area (Å²) < 4.78 is 5.50. The van der Waals surface area contributed by atoms with Gasteiger partial charge in [-0.2, -0.15) is 0 Å².